The lowest BCUT2D eigenvalue weighted by atomic mass is 9.64. The van der Waals surface area contributed by atoms with Gasteiger partial charge in [0.2, 0.25) is 0 Å². The van der Waals surface area contributed by atoms with Crippen molar-refractivity contribution in [3.05, 3.63) is 29.8 Å². The van der Waals surface area contributed by atoms with Crippen molar-refractivity contribution in [2.75, 3.05) is 0 Å². The lowest BCUT2D eigenvalue weighted by molar-refractivity contribution is -0.0635. The van der Waals surface area contributed by atoms with Crippen LogP contribution < -0.4 is 4.74 Å². The van der Waals surface area contributed by atoms with Gasteiger partial charge in [0, 0.05) is 0 Å². The molecular weight excluding hydrogens is 248 g/mol. The summed E-state index contributed by atoms with van der Waals surface area (Å²) in [5.74, 6) is 1.49. The highest BCUT2D eigenvalue weighted by Gasteiger charge is 2.42. The second-order valence-corrected chi connectivity index (χ2v) is 7.73. The lowest BCUT2D eigenvalue weighted by Gasteiger charge is -2.45. The standard InChI is InChI=1S/C18H26O2/c1-13-10-17(2,3)12-18(19,11-13)14-4-6-15(7-5-14)20-16-8-9-16/h4-7,13,16,19H,8-12H2,1-3H3. The molecule has 0 aliphatic heterocycles. The SMILES string of the molecule is CC1CC(C)(C)CC(O)(c2ccc(OC3CC3)cc2)C1. The van der Waals surface area contributed by atoms with E-state index < -0.39 is 5.60 Å². The Balaban J connectivity index is 1.79. The van der Waals surface area contributed by atoms with Crippen LogP contribution in [-0.2, 0) is 5.60 Å². The van der Waals surface area contributed by atoms with Gasteiger partial charge in [-0.25, -0.2) is 0 Å². The van der Waals surface area contributed by atoms with Crippen LogP contribution in [-0.4, -0.2) is 11.2 Å². The fourth-order valence-electron chi connectivity index (χ4n) is 3.97. The Kier molecular flexibility index (Phi) is 3.32. The molecule has 0 spiro atoms. The monoisotopic (exact) mass is 274 g/mol. The second kappa shape index (κ2) is 4.77. The Labute approximate surface area is 122 Å². The van der Waals surface area contributed by atoms with Crippen LogP contribution in [0.15, 0.2) is 24.3 Å². The molecule has 0 amide bonds. The molecule has 0 bridgehead atoms. The largest absolute Gasteiger partial charge is 0.490 e. The topological polar surface area (TPSA) is 29.5 Å². The maximum Gasteiger partial charge on any atom is 0.119 e. The molecule has 20 heavy (non-hydrogen) atoms. The number of hydrogen-bond donors (Lipinski definition) is 1. The minimum absolute atomic E-state index is 0.204. The maximum absolute atomic E-state index is 11.1. The third kappa shape index (κ3) is 3.01. The van der Waals surface area contributed by atoms with Gasteiger partial charge >= 0.3 is 0 Å². The molecule has 2 unspecified atom stereocenters. The molecule has 2 fully saturated rings. The van der Waals surface area contributed by atoms with Crippen molar-refractivity contribution in [2.45, 2.75) is 64.6 Å². The molecule has 2 atom stereocenters. The predicted molar refractivity (Wildman–Crippen MR) is 80.8 cm³/mol. The molecular formula is C18H26O2. The first-order valence-corrected chi connectivity index (χ1v) is 7.86. The normalized spacial score (nSPS) is 32.9. The van der Waals surface area contributed by atoms with E-state index in [4.69, 9.17) is 4.74 Å². The zero-order valence-corrected chi connectivity index (χ0v) is 12.9. The quantitative estimate of drug-likeness (QED) is 0.892. The Hall–Kier alpha value is -1.02. The summed E-state index contributed by atoms with van der Waals surface area (Å²) in [6.07, 6.45) is 5.68. The van der Waals surface area contributed by atoms with Crippen molar-refractivity contribution < 1.29 is 9.84 Å². The van der Waals surface area contributed by atoms with Gasteiger partial charge in [-0.2, -0.15) is 0 Å². The fraction of sp³-hybridized carbons (Fsp3) is 0.667. The summed E-state index contributed by atoms with van der Waals surface area (Å²) < 4.78 is 5.78. The average Bonchev–Trinajstić information content (AvgIpc) is 3.10. The summed E-state index contributed by atoms with van der Waals surface area (Å²) in [7, 11) is 0. The van der Waals surface area contributed by atoms with Crippen molar-refractivity contribution in [1.82, 2.24) is 0 Å². The van der Waals surface area contributed by atoms with E-state index in [2.05, 4.69) is 20.8 Å². The molecule has 1 N–H and O–H groups in total. The number of aliphatic hydroxyl groups is 1. The van der Waals surface area contributed by atoms with Crippen LogP contribution in [0.5, 0.6) is 5.75 Å². The summed E-state index contributed by atoms with van der Waals surface area (Å²) in [6.45, 7) is 6.77. The molecule has 3 rings (SSSR count). The van der Waals surface area contributed by atoms with Gasteiger partial charge in [0.25, 0.3) is 0 Å². The minimum atomic E-state index is -0.681. The van der Waals surface area contributed by atoms with Crippen LogP contribution in [0.25, 0.3) is 0 Å². The van der Waals surface area contributed by atoms with Crippen molar-refractivity contribution in [3.8, 4) is 5.75 Å². The highest BCUT2D eigenvalue weighted by Crippen LogP contribution is 2.48. The third-order valence-electron chi connectivity index (χ3n) is 4.58. The molecule has 1 aromatic carbocycles. The van der Waals surface area contributed by atoms with E-state index in [0.29, 0.717) is 12.0 Å². The maximum atomic E-state index is 11.1. The first kappa shape index (κ1) is 13.9. The Bertz CT molecular complexity index is 473. The van der Waals surface area contributed by atoms with Crippen LogP contribution in [0.1, 0.15) is 58.4 Å². The van der Waals surface area contributed by atoms with Crippen LogP contribution >= 0.6 is 0 Å². The Morgan fingerprint density at radius 1 is 1.10 bits per heavy atom. The summed E-state index contributed by atoms with van der Waals surface area (Å²) in [6, 6.07) is 8.12. The van der Waals surface area contributed by atoms with Crippen molar-refractivity contribution in [2.24, 2.45) is 11.3 Å². The minimum Gasteiger partial charge on any atom is -0.490 e. The Morgan fingerprint density at radius 2 is 1.75 bits per heavy atom. The molecule has 0 saturated heterocycles. The molecule has 2 nitrogen and oxygen atoms in total. The van der Waals surface area contributed by atoms with E-state index in [9.17, 15) is 5.11 Å². The molecule has 2 heteroatoms. The Morgan fingerprint density at radius 3 is 2.30 bits per heavy atom. The number of rotatable bonds is 3. The summed E-state index contributed by atoms with van der Waals surface area (Å²) in [4.78, 5) is 0. The predicted octanol–water partition coefficient (Wildman–Crippen LogP) is 4.26. The summed E-state index contributed by atoms with van der Waals surface area (Å²) in [5.41, 5.74) is 0.565. The van der Waals surface area contributed by atoms with E-state index in [1.165, 1.54) is 19.3 Å². The molecule has 2 aliphatic carbocycles. The van der Waals surface area contributed by atoms with Crippen LogP contribution in [0.3, 0.4) is 0 Å². The van der Waals surface area contributed by atoms with E-state index in [1.54, 1.807) is 0 Å². The zero-order valence-electron chi connectivity index (χ0n) is 12.9. The fourth-order valence-corrected chi connectivity index (χ4v) is 3.97. The van der Waals surface area contributed by atoms with Crippen molar-refractivity contribution >= 4 is 0 Å². The molecule has 1 aromatic rings. The van der Waals surface area contributed by atoms with Gasteiger partial charge < -0.3 is 9.84 Å². The van der Waals surface area contributed by atoms with E-state index in [-0.39, 0.29) is 5.41 Å². The van der Waals surface area contributed by atoms with Crippen LogP contribution in [0.4, 0.5) is 0 Å². The molecule has 2 saturated carbocycles. The number of benzene rings is 1. The molecule has 2 aliphatic rings. The first-order valence-electron chi connectivity index (χ1n) is 7.86. The highest BCUT2D eigenvalue weighted by molar-refractivity contribution is 5.32. The van der Waals surface area contributed by atoms with Crippen LogP contribution in [0.2, 0.25) is 0 Å². The van der Waals surface area contributed by atoms with Crippen LogP contribution in [0, 0.1) is 11.3 Å². The number of ether oxygens (including phenoxy) is 1. The second-order valence-electron chi connectivity index (χ2n) is 7.73. The first-order chi connectivity index (χ1) is 9.36. The lowest BCUT2D eigenvalue weighted by Crippen LogP contribution is -2.39. The molecule has 110 valence electrons. The molecule has 0 heterocycles. The van der Waals surface area contributed by atoms with Gasteiger partial charge in [-0.3, -0.25) is 0 Å². The smallest absolute Gasteiger partial charge is 0.119 e. The van der Waals surface area contributed by atoms with Gasteiger partial charge in [-0.1, -0.05) is 32.9 Å². The van der Waals surface area contributed by atoms with Gasteiger partial charge in [0.1, 0.15) is 5.75 Å². The van der Waals surface area contributed by atoms with E-state index in [1.807, 2.05) is 24.3 Å². The summed E-state index contributed by atoms with van der Waals surface area (Å²) in [5, 5.41) is 11.1. The van der Waals surface area contributed by atoms with Crippen molar-refractivity contribution in [1.29, 1.82) is 0 Å². The third-order valence-corrected chi connectivity index (χ3v) is 4.58. The van der Waals surface area contributed by atoms with E-state index in [0.717, 1.165) is 24.2 Å². The molecule has 0 radical (unpaired) electrons. The van der Waals surface area contributed by atoms with Gasteiger partial charge in [0.05, 0.1) is 11.7 Å². The van der Waals surface area contributed by atoms with Gasteiger partial charge in [0.15, 0.2) is 0 Å². The molecule has 0 aromatic heterocycles. The van der Waals surface area contributed by atoms with E-state index >= 15 is 0 Å². The highest BCUT2D eigenvalue weighted by atomic mass is 16.5. The summed E-state index contributed by atoms with van der Waals surface area (Å²) >= 11 is 0. The zero-order chi connectivity index (χ0) is 14.4. The van der Waals surface area contributed by atoms with Gasteiger partial charge in [-0.05, 0) is 61.1 Å². The van der Waals surface area contributed by atoms with Crippen molar-refractivity contribution in [3.63, 3.8) is 0 Å². The average molecular weight is 274 g/mol. The van der Waals surface area contributed by atoms with Gasteiger partial charge in [-0.15, -0.1) is 0 Å². The number of hydrogen-bond acceptors (Lipinski definition) is 2.